The summed E-state index contributed by atoms with van der Waals surface area (Å²) in [5.74, 6) is 0. The van der Waals surface area contributed by atoms with Crippen LogP contribution >= 0.6 is 0 Å². The molecule has 0 radical (unpaired) electrons. The second kappa shape index (κ2) is 5.19. The first kappa shape index (κ1) is 13.0. The third-order valence-corrected chi connectivity index (χ3v) is 3.85. The van der Waals surface area contributed by atoms with Crippen LogP contribution < -0.4 is 10.2 Å². The number of anilines is 2. The van der Waals surface area contributed by atoms with Crippen molar-refractivity contribution < 1.29 is 0 Å². The van der Waals surface area contributed by atoms with Gasteiger partial charge in [-0.1, -0.05) is 6.07 Å². The van der Waals surface area contributed by atoms with Crippen LogP contribution in [0.15, 0.2) is 30.7 Å². The van der Waals surface area contributed by atoms with Crippen molar-refractivity contribution in [1.29, 1.82) is 0 Å². The first-order valence-electron chi connectivity index (χ1n) is 7.17. The summed E-state index contributed by atoms with van der Waals surface area (Å²) in [5.41, 5.74) is 4.97. The van der Waals surface area contributed by atoms with E-state index in [0.717, 1.165) is 12.2 Å². The zero-order valence-corrected chi connectivity index (χ0v) is 12.4. The molecule has 1 heterocycles. The van der Waals surface area contributed by atoms with Gasteiger partial charge in [0.15, 0.2) is 0 Å². The van der Waals surface area contributed by atoms with Crippen LogP contribution in [-0.2, 0) is 6.54 Å². The molecule has 0 bridgehead atoms. The van der Waals surface area contributed by atoms with E-state index in [1.807, 2.05) is 12.5 Å². The van der Waals surface area contributed by atoms with Gasteiger partial charge >= 0.3 is 0 Å². The van der Waals surface area contributed by atoms with Crippen LogP contribution in [0.5, 0.6) is 0 Å². The highest BCUT2D eigenvalue weighted by Crippen LogP contribution is 2.35. The lowest BCUT2D eigenvalue weighted by Crippen LogP contribution is -2.11. The lowest BCUT2D eigenvalue weighted by molar-refractivity contribution is 0.701. The summed E-state index contributed by atoms with van der Waals surface area (Å²) < 4.78 is 2.30. The topological polar surface area (TPSA) is 33.1 Å². The highest BCUT2D eigenvalue weighted by molar-refractivity contribution is 5.61. The molecule has 0 aliphatic heterocycles. The molecule has 0 spiro atoms. The molecule has 1 saturated carbocycles. The average molecular weight is 270 g/mol. The average Bonchev–Trinajstić information content (AvgIpc) is 3.16. The van der Waals surface area contributed by atoms with Crippen LogP contribution in [0.2, 0.25) is 0 Å². The molecule has 106 valence electrons. The molecule has 1 aliphatic rings. The molecular weight excluding hydrogens is 248 g/mol. The van der Waals surface area contributed by atoms with Crippen LogP contribution in [-0.4, -0.2) is 23.6 Å². The van der Waals surface area contributed by atoms with Crippen molar-refractivity contribution in [3.8, 4) is 0 Å². The standard InChI is InChI=1S/C16H22N4/c1-12-4-5-13(8-16(12)19(2)3)18-10-15-9-17-11-20(15)14-6-7-14/h4-5,8-9,11,14,18H,6-7,10H2,1-3H3. The van der Waals surface area contributed by atoms with Crippen LogP contribution in [0.1, 0.15) is 30.1 Å². The third-order valence-electron chi connectivity index (χ3n) is 3.85. The highest BCUT2D eigenvalue weighted by Gasteiger charge is 2.24. The lowest BCUT2D eigenvalue weighted by Gasteiger charge is -2.17. The Bertz CT molecular complexity index is 596. The van der Waals surface area contributed by atoms with Gasteiger partial charge < -0.3 is 14.8 Å². The van der Waals surface area contributed by atoms with Gasteiger partial charge in [-0.2, -0.15) is 0 Å². The van der Waals surface area contributed by atoms with Crippen molar-refractivity contribution in [2.24, 2.45) is 0 Å². The largest absolute Gasteiger partial charge is 0.379 e. The van der Waals surface area contributed by atoms with Crippen LogP contribution in [0.25, 0.3) is 0 Å². The van der Waals surface area contributed by atoms with Gasteiger partial charge in [0.25, 0.3) is 0 Å². The lowest BCUT2D eigenvalue weighted by atomic mass is 10.1. The Balaban J connectivity index is 1.71. The highest BCUT2D eigenvalue weighted by atomic mass is 15.1. The minimum Gasteiger partial charge on any atom is -0.379 e. The van der Waals surface area contributed by atoms with Crippen molar-refractivity contribution in [2.45, 2.75) is 32.4 Å². The molecule has 4 nitrogen and oxygen atoms in total. The zero-order valence-electron chi connectivity index (χ0n) is 12.4. The molecule has 1 fully saturated rings. The van der Waals surface area contributed by atoms with Gasteiger partial charge in [0.1, 0.15) is 0 Å². The summed E-state index contributed by atoms with van der Waals surface area (Å²) >= 11 is 0. The van der Waals surface area contributed by atoms with E-state index in [1.165, 1.54) is 29.8 Å². The van der Waals surface area contributed by atoms with E-state index in [2.05, 4.69) is 59.0 Å². The second-order valence-electron chi connectivity index (χ2n) is 5.77. The zero-order chi connectivity index (χ0) is 14.1. The monoisotopic (exact) mass is 270 g/mol. The van der Waals surface area contributed by atoms with Gasteiger partial charge in [0.05, 0.1) is 18.6 Å². The first-order chi connectivity index (χ1) is 9.65. The van der Waals surface area contributed by atoms with Crippen molar-refractivity contribution in [3.63, 3.8) is 0 Å². The summed E-state index contributed by atoms with van der Waals surface area (Å²) in [6.45, 7) is 2.97. The van der Waals surface area contributed by atoms with E-state index in [-0.39, 0.29) is 0 Å². The molecule has 2 aromatic rings. The number of nitrogens with zero attached hydrogens (tertiary/aromatic N) is 3. The predicted molar refractivity (Wildman–Crippen MR) is 83.3 cm³/mol. The summed E-state index contributed by atoms with van der Waals surface area (Å²) in [4.78, 5) is 6.42. The van der Waals surface area contributed by atoms with Crippen molar-refractivity contribution in [3.05, 3.63) is 42.0 Å². The van der Waals surface area contributed by atoms with Gasteiger partial charge in [0.2, 0.25) is 0 Å². The number of aryl methyl sites for hydroxylation is 1. The maximum absolute atomic E-state index is 4.27. The van der Waals surface area contributed by atoms with Gasteiger partial charge in [-0.3, -0.25) is 0 Å². The minimum absolute atomic E-state index is 0.685. The Morgan fingerprint density at radius 2 is 2.15 bits per heavy atom. The predicted octanol–water partition coefficient (Wildman–Crippen LogP) is 3.20. The Hall–Kier alpha value is -1.97. The number of hydrogen-bond acceptors (Lipinski definition) is 3. The summed E-state index contributed by atoms with van der Waals surface area (Å²) in [5, 5.41) is 3.51. The number of benzene rings is 1. The quantitative estimate of drug-likeness (QED) is 0.905. The smallest absolute Gasteiger partial charge is 0.0951 e. The molecule has 0 unspecified atom stereocenters. The summed E-state index contributed by atoms with van der Waals surface area (Å²) in [7, 11) is 4.16. The molecular formula is C16H22N4. The van der Waals surface area contributed by atoms with Crippen LogP contribution in [0, 0.1) is 6.92 Å². The first-order valence-corrected chi connectivity index (χ1v) is 7.17. The van der Waals surface area contributed by atoms with Gasteiger partial charge in [-0.25, -0.2) is 4.98 Å². The van der Waals surface area contributed by atoms with E-state index in [9.17, 15) is 0 Å². The Morgan fingerprint density at radius 3 is 2.85 bits per heavy atom. The Kier molecular flexibility index (Phi) is 3.38. The van der Waals surface area contributed by atoms with Gasteiger partial charge in [-0.15, -0.1) is 0 Å². The third kappa shape index (κ3) is 2.64. The molecule has 1 aromatic carbocycles. The Labute approximate surface area is 120 Å². The Morgan fingerprint density at radius 1 is 1.35 bits per heavy atom. The van der Waals surface area contributed by atoms with Gasteiger partial charge in [-0.05, 0) is 37.5 Å². The van der Waals surface area contributed by atoms with Crippen molar-refractivity contribution in [2.75, 3.05) is 24.3 Å². The molecule has 1 aliphatic carbocycles. The number of imidazole rings is 1. The molecule has 1 N–H and O–H groups in total. The fraction of sp³-hybridized carbons (Fsp3) is 0.438. The molecule has 0 saturated heterocycles. The van der Waals surface area contributed by atoms with Crippen LogP contribution in [0.4, 0.5) is 11.4 Å². The molecule has 20 heavy (non-hydrogen) atoms. The normalized spacial score (nSPS) is 14.3. The maximum Gasteiger partial charge on any atom is 0.0951 e. The van der Waals surface area contributed by atoms with Crippen molar-refractivity contribution in [1.82, 2.24) is 9.55 Å². The number of rotatable bonds is 5. The van der Waals surface area contributed by atoms with Crippen molar-refractivity contribution >= 4 is 11.4 Å². The second-order valence-corrected chi connectivity index (χ2v) is 5.77. The fourth-order valence-electron chi connectivity index (χ4n) is 2.54. The van der Waals surface area contributed by atoms with E-state index in [4.69, 9.17) is 0 Å². The molecule has 4 heteroatoms. The summed E-state index contributed by atoms with van der Waals surface area (Å²) in [6, 6.07) is 7.19. The number of hydrogen-bond donors (Lipinski definition) is 1. The molecule has 0 atom stereocenters. The van der Waals surface area contributed by atoms with E-state index < -0.39 is 0 Å². The fourth-order valence-corrected chi connectivity index (χ4v) is 2.54. The SMILES string of the molecule is Cc1ccc(NCc2cncn2C2CC2)cc1N(C)C. The summed E-state index contributed by atoms with van der Waals surface area (Å²) in [6.07, 6.45) is 6.50. The van der Waals surface area contributed by atoms with E-state index in [1.54, 1.807) is 0 Å². The molecule has 1 aromatic heterocycles. The van der Waals surface area contributed by atoms with E-state index in [0.29, 0.717) is 6.04 Å². The molecule has 3 rings (SSSR count). The van der Waals surface area contributed by atoms with Gasteiger partial charge in [0, 0.05) is 37.7 Å². The van der Waals surface area contributed by atoms with E-state index >= 15 is 0 Å². The molecule has 0 amide bonds. The number of nitrogens with one attached hydrogen (secondary N) is 1. The maximum atomic E-state index is 4.27. The minimum atomic E-state index is 0.685. The van der Waals surface area contributed by atoms with Crippen LogP contribution in [0.3, 0.4) is 0 Å². The number of aromatic nitrogens is 2.